The molecule has 8 fully saturated rings. The Bertz CT molecular complexity index is 839. The highest BCUT2D eigenvalue weighted by atomic mass is 15.1. The Labute approximate surface area is 174 Å². The molecular formula is C28H44. The van der Waals surface area contributed by atoms with Crippen molar-refractivity contribution in [3.63, 3.8) is 0 Å². The van der Waals surface area contributed by atoms with E-state index >= 15 is 0 Å². The first-order valence-electron chi connectivity index (χ1n) is 13.0. The van der Waals surface area contributed by atoms with Crippen molar-refractivity contribution in [2.24, 2.45) is 85.2 Å². The van der Waals surface area contributed by atoms with E-state index in [0.29, 0.717) is 21.7 Å². The molecule has 28 heavy (non-hydrogen) atoms. The van der Waals surface area contributed by atoms with E-state index < -0.39 is 0 Å². The fourth-order valence-corrected chi connectivity index (χ4v) is 15.1. The number of rotatable bonds is 0. The summed E-state index contributed by atoms with van der Waals surface area (Å²) in [5, 5.41) is 0. The SMILES string of the molecule is CC.CC1C2C3C4C5C6C7CC(C)C7(C)C6(C)C56CCC46C3(C)C2(C)C1(C)C. The van der Waals surface area contributed by atoms with Gasteiger partial charge in [-0.05, 0) is 105 Å². The molecule has 8 saturated carbocycles. The van der Waals surface area contributed by atoms with Crippen LogP contribution in [-0.2, 0) is 0 Å². The molecule has 2 spiro atoms. The zero-order chi connectivity index (χ0) is 20.2. The van der Waals surface area contributed by atoms with E-state index in [0.717, 1.165) is 57.7 Å². The van der Waals surface area contributed by atoms with Gasteiger partial charge < -0.3 is 0 Å². The molecule has 14 atom stereocenters. The highest BCUT2D eigenvalue weighted by molar-refractivity contribution is 5.56. The molecule has 0 aromatic rings. The van der Waals surface area contributed by atoms with Crippen LogP contribution in [0.2, 0.25) is 0 Å². The zero-order valence-electron chi connectivity index (χ0n) is 20.2. The van der Waals surface area contributed by atoms with Crippen LogP contribution >= 0.6 is 0 Å². The van der Waals surface area contributed by atoms with E-state index in [-0.39, 0.29) is 0 Å². The van der Waals surface area contributed by atoms with Crippen molar-refractivity contribution >= 4 is 0 Å². The lowest BCUT2D eigenvalue weighted by Gasteiger charge is -3.13. The van der Waals surface area contributed by atoms with E-state index in [1.165, 1.54) is 5.92 Å². The second-order valence-corrected chi connectivity index (χ2v) is 14.2. The van der Waals surface area contributed by atoms with Crippen molar-refractivity contribution in [3.8, 4) is 0 Å². The van der Waals surface area contributed by atoms with Gasteiger partial charge in [0.2, 0.25) is 0 Å². The lowest BCUT2D eigenvalue weighted by atomic mass is 8.91. The summed E-state index contributed by atoms with van der Waals surface area (Å²) in [5.41, 5.74) is 4.88. The van der Waals surface area contributed by atoms with Crippen LogP contribution < -0.4 is 0 Å². The molecule has 156 valence electrons. The predicted octanol–water partition coefficient (Wildman–Crippen LogP) is 7.29. The van der Waals surface area contributed by atoms with Crippen LogP contribution in [0.3, 0.4) is 0 Å². The van der Waals surface area contributed by atoms with Gasteiger partial charge in [-0.25, -0.2) is 0 Å². The van der Waals surface area contributed by atoms with Gasteiger partial charge in [0, 0.05) is 0 Å². The Kier molecular flexibility index (Phi) is 2.42. The first-order chi connectivity index (χ1) is 13.0. The molecule has 0 bridgehead atoms. The highest BCUT2D eigenvalue weighted by Gasteiger charge is 3.10. The Hall–Kier alpha value is 0. The van der Waals surface area contributed by atoms with Crippen LogP contribution in [0.5, 0.6) is 0 Å². The van der Waals surface area contributed by atoms with Crippen molar-refractivity contribution in [2.75, 3.05) is 0 Å². The van der Waals surface area contributed by atoms with Crippen molar-refractivity contribution < 1.29 is 0 Å². The van der Waals surface area contributed by atoms with Gasteiger partial charge in [0.05, 0.1) is 0 Å². The summed E-state index contributed by atoms with van der Waals surface area (Å²) in [4.78, 5) is 0. The lowest BCUT2D eigenvalue weighted by molar-refractivity contribution is -0.662. The summed E-state index contributed by atoms with van der Waals surface area (Å²) in [6.45, 7) is 25.5. The summed E-state index contributed by atoms with van der Waals surface area (Å²) in [6, 6.07) is 0. The van der Waals surface area contributed by atoms with Gasteiger partial charge in [0.25, 0.3) is 0 Å². The Morgan fingerprint density at radius 2 is 1.14 bits per heavy atom. The summed E-state index contributed by atoms with van der Waals surface area (Å²) >= 11 is 0. The molecule has 0 radical (unpaired) electrons. The molecule has 14 unspecified atom stereocenters. The Morgan fingerprint density at radius 3 is 1.68 bits per heavy atom. The molecule has 0 heteroatoms. The maximum absolute atomic E-state index is 2.81. The molecule has 8 aliphatic rings. The molecule has 0 N–H and O–H groups in total. The maximum atomic E-state index is 2.81. The highest BCUT2D eigenvalue weighted by Crippen LogP contribution is 3.13. The minimum atomic E-state index is 0.560. The van der Waals surface area contributed by atoms with Gasteiger partial charge in [-0.2, -0.15) is 0 Å². The standard InChI is InChI=1S/C26H38.C2H6/c1-12-11-14-16-18-19-17-15-13(2)20(3,4)22(15,6)24(17,8)26(19)10-9-25(18,26)23(16,7)21(12,14)5;1-2/h12-19H,9-11H2,1-8H3;1-2H3. The second kappa shape index (κ2) is 3.83. The molecule has 0 aromatic carbocycles. The van der Waals surface area contributed by atoms with Crippen molar-refractivity contribution in [2.45, 2.75) is 88.5 Å². The van der Waals surface area contributed by atoms with E-state index in [4.69, 9.17) is 0 Å². The average molecular weight is 381 g/mol. The third kappa shape index (κ3) is 0.866. The minimum Gasteiger partial charge on any atom is -0.0683 e. The fourth-order valence-electron chi connectivity index (χ4n) is 15.1. The third-order valence-corrected chi connectivity index (χ3v) is 16.3. The lowest BCUT2D eigenvalue weighted by Crippen LogP contribution is -3.09. The molecular weight excluding hydrogens is 336 g/mol. The summed E-state index contributed by atoms with van der Waals surface area (Å²) in [6.07, 6.45) is 4.77. The summed E-state index contributed by atoms with van der Waals surface area (Å²) < 4.78 is 0. The molecule has 0 amide bonds. The topological polar surface area (TPSA) is 0 Å². The molecule has 0 aliphatic heterocycles. The van der Waals surface area contributed by atoms with E-state index in [9.17, 15) is 0 Å². The van der Waals surface area contributed by atoms with Crippen LogP contribution in [-0.4, -0.2) is 0 Å². The van der Waals surface area contributed by atoms with Crippen molar-refractivity contribution in [1.82, 2.24) is 0 Å². The second-order valence-electron chi connectivity index (χ2n) is 14.2. The molecule has 8 rings (SSSR count). The molecule has 0 heterocycles. The third-order valence-electron chi connectivity index (χ3n) is 16.3. The monoisotopic (exact) mass is 380 g/mol. The Balaban J connectivity index is 0.000000703. The van der Waals surface area contributed by atoms with Crippen LogP contribution in [0, 0.1) is 85.2 Å². The van der Waals surface area contributed by atoms with Gasteiger partial charge in [0.1, 0.15) is 0 Å². The smallest absolute Gasteiger partial charge is 0.0136 e. The van der Waals surface area contributed by atoms with Gasteiger partial charge in [0.15, 0.2) is 0 Å². The van der Waals surface area contributed by atoms with Gasteiger partial charge in [-0.3, -0.25) is 0 Å². The van der Waals surface area contributed by atoms with Crippen LogP contribution in [0.25, 0.3) is 0 Å². The molecule has 0 saturated heterocycles. The first-order valence-corrected chi connectivity index (χ1v) is 13.0. The quantitative estimate of drug-likeness (QED) is 0.414. The number of hydrogen-bond acceptors (Lipinski definition) is 0. The largest absolute Gasteiger partial charge is 0.0683 e. The Morgan fingerprint density at radius 1 is 0.607 bits per heavy atom. The van der Waals surface area contributed by atoms with E-state index in [1.54, 1.807) is 19.3 Å². The normalized spacial score (nSPS) is 79.1. The fraction of sp³-hybridized carbons (Fsp3) is 1.00. The average Bonchev–Trinajstić information content (AvgIpc) is 2.65. The summed E-state index contributed by atoms with van der Waals surface area (Å²) in [5.74, 6) is 8.72. The predicted molar refractivity (Wildman–Crippen MR) is 116 cm³/mol. The van der Waals surface area contributed by atoms with Crippen LogP contribution in [0.4, 0.5) is 0 Å². The van der Waals surface area contributed by atoms with E-state index in [2.05, 4.69) is 55.4 Å². The number of hydrogen-bond donors (Lipinski definition) is 0. The zero-order valence-corrected chi connectivity index (χ0v) is 20.2. The van der Waals surface area contributed by atoms with Crippen molar-refractivity contribution in [3.05, 3.63) is 0 Å². The summed E-state index contributed by atoms with van der Waals surface area (Å²) in [7, 11) is 0. The first kappa shape index (κ1) is 17.7. The maximum Gasteiger partial charge on any atom is -0.0136 e. The minimum absolute atomic E-state index is 0.560. The molecule has 0 aromatic heterocycles. The van der Waals surface area contributed by atoms with Gasteiger partial charge in [-0.15, -0.1) is 0 Å². The van der Waals surface area contributed by atoms with Crippen molar-refractivity contribution in [1.29, 1.82) is 0 Å². The molecule has 8 aliphatic carbocycles. The van der Waals surface area contributed by atoms with Gasteiger partial charge in [-0.1, -0.05) is 69.2 Å². The molecule has 0 nitrogen and oxygen atoms in total. The number of fused-ring (bicyclic) bond motifs is 11. The van der Waals surface area contributed by atoms with Gasteiger partial charge >= 0.3 is 0 Å². The van der Waals surface area contributed by atoms with E-state index in [1.807, 2.05) is 13.8 Å². The van der Waals surface area contributed by atoms with Crippen LogP contribution in [0.1, 0.15) is 88.5 Å². The van der Waals surface area contributed by atoms with Crippen LogP contribution in [0.15, 0.2) is 0 Å².